The smallest absolute Gasteiger partial charge is 0.235 e. The van der Waals surface area contributed by atoms with Gasteiger partial charge < -0.3 is 21.1 Å². The summed E-state index contributed by atoms with van der Waals surface area (Å²) < 4.78 is 5.98. The quantitative estimate of drug-likeness (QED) is 0.387. The second kappa shape index (κ2) is 12.3. The minimum absolute atomic E-state index is 0. The van der Waals surface area contributed by atoms with Gasteiger partial charge in [0.05, 0.1) is 12.6 Å². The fourth-order valence-corrected chi connectivity index (χ4v) is 4.58. The van der Waals surface area contributed by atoms with E-state index < -0.39 is 11.3 Å². The van der Waals surface area contributed by atoms with Crippen molar-refractivity contribution in [3.05, 3.63) is 35.9 Å². The molecule has 1 atom stereocenters. The number of halogens is 1. The molecule has 7 heteroatoms. The van der Waals surface area contributed by atoms with Crippen molar-refractivity contribution in [3.63, 3.8) is 0 Å². The summed E-state index contributed by atoms with van der Waals surface area (Å²) in [6.45, 7) is 3.33. The number of primary amides is 1. The molecular formula is C23H36ClN3O3. The summed E-state index contributed by atoms with van der Waals surface area (Å²) in [4.78, 5) is 25.1. The van der Waals surface area contributed by atoms with Crippen molar-refractivity contribution in [1.82, 2.24) is 10.6 Å². The zero-order valence-electron chi connectivity index (χ0n) is 17.7. The van der Waals surface area contributed by atoms with Crippen LogP contribution < -0.4 is 16.4 Å². The maximum Gasteiger partial charge on any atom is 0.235 e. The number of amides is 2. The summed E-state index contributed by atoms with van der Waals surface area (Å²) in [6.07, 6.45) is 6.96. The molecule has 6 nitrogen and oxygen atoms in total. The Balaban J connectivity index is 0.00000320. The van der Waals surface area contributed by atoms with Gasteiger partial charge in [-0.1, -0.05) is 43.2 Å². The van der Waals surface area contributed by atoms with E-state index in [-0.39, 0.29) is 24.4 Å². The predicted octanol–water partition coefficient (Wildman–Crippen LogP) is 2.59. The number of rotatable bonds is 10. The lowest BCUT2D eigenvalue weighted by atomic mass is 9.84. The number of carbonyl (C=O) groups excluding carboxylic acids is 2. The molecule has 4 N–H and O–H groups in total. The Kier molecular flexibility index (Phi) is 10.1. The highest BCUT2D eigenvalue weighted by Crippen LogP contribution is 2.38. The van der Waals surface area contributed by atoms with E-state index >= 15 is 0 Å². The molecule has 0 bridgehead atoms. The molecule has 1 unspecified atom stereocenters. The molecule has 3 rings (SSSR count). The Hall–Kier alpha value is -1.63. The Morgan fingerprint density at radius 3 is 2.47 bits per heavy atom. The Morgan fingerprint density at radius 1 is 1.17 bits per heavy atom. The normalized spacial score (nSPS) is 19.6. The third kappa shape index (κ3) is 6.69. The van der Waals surface area contributed by atoms with Crippen molar-refractivity contribution in [1.29, 1.82) is 0 Å². The maximum absolute atomic E-state index is 13.0. The van der Waals surface area contributed by atoms with Gasteiger partial charge in [-0.15, -0.1) is 12.4 Å². The minimum Gasteiger partial charge on any atom is -0.379 e. The van der Waals surface area contributed by atoms with Crippen LogP contribution in [0.4, 0.5) is 0 Å². The average molecular weight is 438 g/mol. The van der Waals surface area contributed by atoms with Crippen LogP contribution >= 0.6 is 12.4 Å². The summed E-state index contributed by atoms with van der Waals surface area (Å²) in [6, 6.07) is 9.89. The van der Waals surface area contributed by atoms with Crippen molar-refractivity contribution in [2.75, 3.05) is 26.3 Å². The van der Waals surface area contributed by atoms with Crippen LogP contribution in [0.15, 0.2) is 30.3 Å². The van der Waals surface area contributed by atoms with Gasteiger partial charge in [-0.2, -0.15) is 0 Å². The SMILES string of the molecule is Cl.NC(=O)C1(C(=O)NC(COCCC2CCNCC2)Cc2ccccc2)CCCC1. The van der Waals surface area contributed by atoms with Crippen LogP contribution in [0.1, 0.15) is 50.5 Å². The first-order valence-electron chi connectivity index (χ1n) is 11.0. The lowest BCUT2D eigenvalue weighted by Gasteiger charge is -2.28. The number of nitrogens with two attached hydrogens (primary N) is 1. The molecule has 30 heavy (non-hydrogen) atoms. The van der Waals surface area contributed by atoms with E-state index in [1.165, 1.54) is 12.8 Å². The monoisotopic (exact) mass is 437 g/mol. The molecule has 168 valence electrons. The van der Waals surface area contributed by atoms with Crippen molar-refractivity contribution in [3.8, 4) is 0 Å². The molecule has 2 aliphatic rings. The van der Waals surface area contributed by atoms with Crippen LogP contribution in [0, 0.1) is 11.3 Å². The number of piperidine rings is 1. The van der Waals surface area contributed by atoms with Crippen molar-refractivity contribution in [2.45, 2.75) is 57.4 Å². The Morgan fingerprint density at radius 2 is 1.83 bits per heavy atom. The fraction of sp³-hybridized carbons (Fsp3) is 0.652. The summed E-state index contributed by atoms with van der Waals surface area (Å²) >= 11 is 0. The fourth-order valence-electron chi connectivity index (χ4n) is 4.58. The predicted molar refractivity (Wildman–Crippen MR) is 120 cm³/mol. The number of ether oxygens (including phenoxy) is 1. The summed E-state index contributed by atoms with van der Waals surface area (Å²) in [7, 11) is 0. The number of benzene rings is 1. The molecule has 2 fully saturated rings. The molecule has 1 aromatic carbocycles. The van der Waals surface area contributed by atoms with Crippen molar-refractivity contribution in [2.24, 2.45) is 17.1 Å². The van der Waals surface area contributed by atoms with Crippen LogP contribution in [0.5, 0.6) is 0 Å². The molecule has 2 amide bonds. The van der Waals surface area contributed by atoms with Crippen molar-refractivity contribution < 1.29 is 14.3 Å². The maximum atomic E-state index is 13.0. The molecular weight excluding hydrogens is 402 g/mol. The standard InChI is InChI=1S/C23H35N3O3.ClH/c24-21(27)23(11-4-5-12-23)22(28)26-20(16-19-6-2-1-3-7-19)17-29-15-10-18-8-13-25-14-9-18;/h1-3,6-7,18,20,25H,4-5,8-17H2,(H2,24,27)(H,26,28);1H. The average Bonchev–Trinajstić information content (AvgIpc) is 3.24. The van der Waals surface area contributed by atoms with Crippen LogP contribution in [-0.2, 0) is 20.7 Å². The highest BCUT2D eigenvalue weighted by Gasteiger charge is 2.47. The third-order valence-electron chi connectivity index (χ3n) is 6.47. The van der Waals surface area contributed by atoms with Gasteiger partial charge in [0.2, 0.25) is 11.8 Å². The van der Waals surface area contributed by atoms with Gasteiger partial charge in [-0.25, -0.2) is 0 Å². The summed E-state index contributed by atoms with van der Waals surface area (Å²) in [5.41, 5.74) is 5.72. The van der Waals surface area contributed by atoms with E-state index in [9.17, 15) is 9.59 Å². The molecule has 1 aliphatic carbocycles. The molecule has 0 aromatic heterocycles. The lowest BCUT2D eigenvalue weighted by molar-refractivity contribution is -0.142. The van der Waals surface area contributed by atoms with E-state index in [4.69, 9.17) is 10.5 Å². The second-order valence-corrected chi connectivity index (χ2v) is 8.57. The van der Waals surface area contributed by atoms with Gasteiger partial charge in [0, 0.05) is 6.61 Å². The molecule has 1 aromatic rings. The Bertz CT molecular complexity index is 659. The lowest BCUT2D eigenvalue weighted by Crippen LogP contribution is -2.52. The molecule has 1 saturated carbocycles. The highest BCUT2D eigenvalue weighted by molar-refractivity contribution is 6.04. The van der Waals surface area contributed by atoms with E-state index in [0.29, 0.717) is 32.5 Å². The zero-order chi connectivity index (χ0) is 20.5. The Labute approximate surface area is 186 Å². The molecule has 1 heterocycles. The first-order valence-corrected chi connectivity index (χ1v) is 11.0. The highest BCUT2D eigenvalue weighted by atomic mass is 35.5. The molecule has 0 spiro atoms. The van der Waals surface area contributed by atoms with Gasteiger partial charge in [0.15, 0.2) is 0 Å². The van der Waals surface area contributed by atoms with E-state index in [1.54, 1.807) is 0 Å². The summed E-state index contributed by atoms with van der Waals surface area (Å²) in [5, 5.41) is 6.48. The van der Waals surface area contributed by atoms with Crippen LogP contribution in [-0.4, -0.2) is 44.2 Å². The van der Waals surface area contributed by atoms with Crippen molar-refractivity contribution >= 4 is 24.2 Å². The van der Waals surface area contributed by atoms with Gasteiger partial charge in [-0.05, 0) is 63.1 Å². The summed E-state index contributed by atoms with van der Waals surface area (Å²) in [5.74, 6) is -0.0155. The number of nitrogens with one attached hydrogen (secondary N) is 2. The van der Waals surface area contributed by atoms with Gasteiger partial charge in [-0.3, -0.25) is 9.59 Å². The number of hydrogen-bond acceptors (Lipinski definition) is 4. The zero-order valence-corrected chi connectivity index (χ0v) is 18.6. The van der Waals surface area contributed by atoms with Crippen LogP contribution in [0.2, 0.25) is 0 Å². The van der Waals surface area contributed by atoms with E-state index in [0.717, 1.165) is 43.8 Å². The minimum atomic E-state index is -1.05. The molecule has 1 aliphatic heterocycles. The van der Waals surface area contributed by atoms with Crippen LogP contribution in [0.3, 0.4) is 0 Å². The van der Waals surface area contributed by atoms with E-state index in [2.05, 4.69) is 10.6 Å². The van der Waals surface area contributed by atoms with Gasteiger partial charge in [0.1, 0.15) is 5.41 Å². The van der Waals surface area contributed by atoms with Gasteiger partial charge in [0.25, 0.3) is 0 Å². The largest absolute Gasteiger partial charge is 0.379 e. The van der Waals surface area contributed by atoms with E-state index in [1.807, 2.05) is 30.3 Å². The molecule has 0 radical (unpaired) electrons. The first-order chi connectivity index (χ1) is 14.1. The second-order valence-electron chi connectivity index (χ2n) is 8.57. The first kappa shape index (κ1) is 24.6. The third-order valence-corrected chi connectivity index (χ3v) is 6.47. The number of hydrogen-bond donors (Lipinski definition) is 3. The van der Waals surface area contributed by atoms with Crippen LogP contribution in [0.25, 0.3) is 0 Å². The number of carbonyl (C=O) groups is 2. The molecule has 1 saturated heterocycles. The van der Waals surface area contributed by atoms with Gasteiger partial charge >= 0.3 is 0 Å². The topological polar surface area (TPSA) is 93.5 Å².